The van der Waals surface area contributed by atoms with Gasteiger partial charge in [0, 0.05) is 18.3 Å². The average molecular weight is 350 g/mol. The van der Waals surface area contributed by atoms with Gasteiger partial charge in [-0.05, 0) is 25.2 Å². The maximum atomic E-state index is 12.9. The molecule has 1 aliphatic heterocycles. The standard InChI is InChI=1S/C15H18N4O2S2/c1-5-15(2)6-8-9(7-21-15)23-12-10(8)11(20)18(3)13-16-17-14(22-4)19(12)13/h5-7H2,1-4H3/t15-/m1/s1. The van der Waals surface area contributed by atoms with E-state index in [0.29, 0.717) is 12.4 Å². The first-order valence-corrected chi connectivity index (χ1v) is 9.59. The van der Waals surface area contributed by atoms with Gasteiger partial charge in [0.05, 0.1) is 17.6 Å². The van der Waals surface area contributed by atoms with Crippen LogP contribution in [0.4, 0.5) is 0 Å². The molecule has 0 saturated heterocycles. The molecule has 0 N–H and O–H groups in total. The molecule has 4 heterocycles. The molecule has 0 unspecified atom stereocenters. The van der Waals surface area contributed by atoms with Gasteiger partial charge < -0.3 is 4.74 Å². The number of thioether (sulfide) groups is 1. The summed E-state index contributed by atoms with van der Waals surface area (Å²) in [4.78, 5) is 15.0. The van der Waals surface area contributed by atoms with Crippen LogP contribution in [0.25, 0.3) is 16.0 Å². The van der Waals surface area contributed by atoms with E-state index in [1.807, 2.05) is 10.7 Å². The van der Waals surface area contributed by atoms with E-state index in [1.54, 1.807) is 23.0 Å². The topological polar surface area (TPSA) is 61.4 Å². The fourth-order valence-electron chi connectivity index (χ4n) is 3.12. The minimum absolute atomic E-state index is 0.00501. The highest BCUT2D eigenvalue weighted by molar-refractivity contribution is 7.98. The highest BCUT2D eigenvalue weighted by atomic mass is 32.2. The zero-order valence-corrected chi connectivity index (χ0v) is 15.2. The van der Waals surface area contributed by atoms with E-state index < -0.39 is 0 Å². The van der Waals surface area contributed by atoms with Crippen LogP contribution in [0.2, 0.25) is 0 Å². The SMILES string of the molecule is CC[C@]1(C)Cc2c(sc3c2c(=O)n(C)c2nnc(SC)n32)CO1. The third kappa shape index (κ3) is 2.01. The first-order chi connectivity index (χ1) is 11.0. The monoisotopic (exact) mass is 350 g/mol. The number of aryl methyl sites for hydroxylation is 1. The predicted molar refractivity (Wildman–Crippen MR) is 92.6 cm³/mol. The van der Waals surface area contributed by atoms with Crippen LogP contribution < -0.4 is 5.56 Å². The van der Waals surface area contributed by atoms with Gasteiger partial charge >= 0.3 is 0 Å². The number of thiophene rings is 1. The molecule has 8 heteroatoms. The van der Waals surface area contributed by atoms with Crippen molar-refractivity contribution in [2.24, 2.45) is 7.05 Å². The van der Waals surface area contributed by atoms with Crippen LogP contribution in [0.5, 0.6) is 0 Å². The third-order valence-corrected chi connectivity index (χ3v) is 6.56. The maximum absolute atomic E-state index is 12.9. The lowest BCUT2D eigenvalue weighted by Gasteiger charge is -2.32. The molecule has 0 fully saturated rings. The molecule has 122 valence electrons. The van der Waals surface area contributed by atoms with Gasteiger partial charge in [-0.3, -0.25) is 9.36 Å². The quantitative estimate of drug-likeness (QED) is 0.665. The molecular weight excluding hydrogens is 332 g/mol. The fourth-order valence-corrected chi connectivity index (χ4v) is 4.88. The Balaban J connectivity index is 2.13. The maximum Gasteiger partial charge on any atom is 0.263 e. The molecule has 0 saturated carbocycles. The molecule has 1 atom stereocenters. The Labute approximate surface area is 141 Å². The Bertz CT molecular complexity index is 987. The number of fused-ring (bicyclic) bond motifs is 5. The molecule has 4 rings (SSSR count). The molecule has 0 bridgehead atoms. The number of nitrogens with zero attached hydrogens (tertiary/aromatic N) is 4. The lowest BCUT2D eigenvalue weighted by atomic mass is 9.90. The second kappa shape index (κ2) is 5.06. The molecule has 0 aliphatic carbocycles. The summed E-state index contributed by atoms with van der Waals surface area (Å²) in [5, 5.41) is 10.00. The first kappa shape index (κ1) is 15.2. The highest BCUT2D eigenvalue weighted by Crippen LogP contribution is 2.39. The van der Waals surface area contributed by atoms with Crippen molar-refractivity contribution in [3.8, 4) is 0 Å². The number of rotatable bonds is 2. The van der Waals surface area contributed by atoms with Crippen LogP contribution in [-0.2, 0) is 24.8 Å². The van der Waals surface area contributed by atoms with Crippen molar-refractivity contribution < 1.29 is 4.74 Å². The van der Waals surface area contributed by atoms with Gasteiger partial charge in [0.1, 0.15) is 4.83 Å². The molecule has 0 radical (unpaired) electrons. The highest BCUT2D eigenvalue weighted by Gasteiger charge is 2.33. The fraction of sp³-hybridized carbons (Fsp3) is 0.533. The number of aromatic nitrogens is 4. The first-order valence-electron chi connectivity index (χ1n) is 7.55. The largest absolute Gasteiger partial charge is 0.369 e. The minimum Gasteiger partial charge on any atom is -0.369 e. The van der Waals surface area contributed by atoms with Crippen molar-refractivity contribution in [3.63, 3.8) is 0 Å². The second-order valence-corrected chi connectivity index (χ2v) is 8.00. The summed E-state index contributed by atoms with van der Waals surface area (Å²) in [5.41, 5.74) is 0.950. The van der Waals surface area contributed by atoms with E-state index >= 15 is 0 Å². The zero-order valence-electron chi connectivity index (χ0n) is 13.5. The number of hydrogen-bond acceptors (Lipinski definition) is 6. The van der Waals surface area contributed by atoms with Crippen molar-refractivity contribution in [3.05, 3.63) is 20.8 Å². The normalized spacial score (nSPS) is 21.2. The van der Waals surface area contributed by atoms with E-state index in [9.17, 15) is 4.79 Å². The summed E-state index contributed by atoms with van der Waals surface area (Å²) < 4.78 is 9.64. The van der Waals surface area contributed by atoms with Crippen LogP contribution in [0.3, 0.4) is 0 Å². The van der Waals surface area contributed by atoms with E-state index in [1.165, 1.54) is 11.8 Å². The summed E-state index contributed by atoms with van der Waals surface area (Å²) in [6, 6.07) is 0. The molecule has 23 heavy (non-hydrogen) atoms. The van der Waals surface area contributed by atoms with Crippen molar-refractivity contribution in [1.82, 2.24) is 19.2 Å². The molecule has 1 aliphatic rings. The minimum atomic E-state index is -0.198. The van der Waals surface area contributed by atoms with Crippen LogP contribution >= 0.6 is 23.1 Å². The van der Waals surface area contributed by atoms with Crippen molar-refractivity contribution in [2.75, 3.05) is 6.26 Å². The Morgan fingerprint density at radius 1 is 1.43 bits per heavy atom. The summed E-state index contributed by atoms with van der Waals surface area (Å²) in [6.45, 7) is 4.82. The Hall–Kier alpha value is -1.38. The molecule has 3 aromatic rings. The van der Waals surface area contributed by atoms with Gasteiger partial charge in [-0.2, -0.15) is 0 Å². The van der Waals surface area contributed by atoms with Gasteiger partial charge in [0.25, 0.3) is 5.56 Å². The van der Waals surface area contributed by atoms with E-state index in [-0.39, 0.29) is 11.2 Å². The Morgan fingerprint density at radius 2 is 2.22 bits per heavy atom. The van der Waals surface area contributed by atoms with Crippen molar-refractivity contribution in [1.29, 1.82) is 0 Å². The molecule has 0 amide bonds. The molecular formula is C15H18N4O2S2. The smallest absolute Gasteiger partial charge is 0.263 e. The van der Waals surface area contributed by atoms with Gasteiger partial charge in [-0.25, -0.2) is 4.40 Å². The van der Waals surface area contributed by atoms with Gasteiger partial charge in [-0.15, -0.1) is 21.5 Å². The Kier molecular flexibility index (Phi) is 3.33. The molecule has 6 nitrogen and oxygen atoms in total. The lowest BCUT2D eigenvalue weighted by Crippen LogP contribution is -2.34. The molecule has 0 spiro atoms. The van der Waals surface area contributed by atoms with E-state index in [0.717, 1.165) is 38.7 Å². The zero-order chi connectivity index (χ0) is 16.4. The van der Waals surface area contributed by atoms with Crippen molar-refractivity contribution in [2.45, 2.75) is 44.1 Å². The summed E-state index contributed by atoms with van der Waals surface area (Å²) in [7, 11) is 1.76. The third-order valence-electron chi connectivity index (χ3n) is 4.74. The van der Waals surface area contributed by atoms with E-state index in [2.05, 4.69) is 24.0 Å². The average Bonchev–Trinajstić information content (AvgIpc) is 3.13. The van der Waals surface area contributed by atoms with Gasteiger partial charge in [0.2, 0.25) is 5.78 Å². The van der Waals surface area contributed by atoms with Crippen LogP contribution in [-0.4, -0.2) is 31.0 Å². The number of ether oxygens (including phenoxy) is 1. The van der Waals surface area contributed by atoms with E-state index in [4.69, 9.17) is 4.74 Å². The lowest BCUT2D eigenvalue weighted by molar-refractivity contribution is -0.0543. The van der Waals surface area contributed by atoms with Crippen LogP contribution in [0.1, 0.15) is 30.7 Å². The van der Waals surface area contributed by atoms with Crippen molar-refractivity contribution >= 4 is 39.1 Å². The Morgan fingerprint density at radius 3 is 2.91 bits per heavy atom. The van der Waals surface area contributed by atoms with Crippen LogP contribution in [0, 0.1) is 0 Å². The summed E-state index contributed by atoms with van der Waals surface area (Å²) in [6.07, 6.45) is 3.67. The van der Waals surface area contributed by atoms with Crippen LogP contribution in [0.15, 0.2) is 9.95 Å². The number of hydrogen-bond donors (Lipinski definition) is 0. The predicted octanol–water partition coefficient (Wildman–Crippen LogP) is 2.61. The van der Waals surface area contributed by atoms with Gasteiger partial charge in [-0.1, -0.05) is 18.7 Å². The molecule has 0 aromatic carbocycles. The summed E-state index contributed by atoms with van der Waals surface area (Å²) in [5.74, 6) is 0.588. The van der Waals surface area contributed by atoms with Gasteiger partial charge in [0.15, 0.2) is 5.16 Å². The summed E-state index contributed by atoms with van der Waals surface area (Å²) >= 11 is 3.16. The molecule has 3 aromatic heterocycles. The second-order valence-electron chi connectivity index (χ2n) is 6.14.